The summed E-state index contributed by atoms with van der Waals surface area (Å²) in [6.07, 6.45) is 3.08. The molecule has 3 aliphatic heterocycles. The van der Waals surface area contributed by atoms with Crippen molar-refractivity contribution >= 4 is 22.6 Å². The van der Waals surface area contributed by atoms with Gasteiger partial charge in [-0.05, 0) is 80.7 Å². The van der Waals surface area contributed by atoms with Crippen LogP contribution in [0.25, 0.3) is 22.4 Å². The van der Waals surface area contributed by atoms with Gasteiger partial charge in [0.2, 0.25) is 0 Å². The molecule has 0 radical (unpaired) electrons. The lowest BCUT2D eigenvalue weighted by Crippen LogP contribution is -2.35. The van der Waals surface area contributed by atoms with Gasteiger partial charge in [-0.15, -0.1) is 0 Å². The molecule has 0 bridgehead atoms. The second kappa shape index (κ2) is 11.6. The molecule has 3 aliphatic rings. The highest BCUT2D eigenvalue weighted by atomic mass is 35.5. The Morgan fingerprint density at radius 1 is 1.04 bits per heavy atom. The van der Waals surface area contributed by atoms with E-state index < -0.39 is 18.3 Å². The number of para-hydroxylation sites is 1. The van der Waals surface area contributed by atoms with Crippen molar-refractivity contribution < 1.29 is 23.0 Å². The van der Waals surface area contributed by atoms with E-state index in [4.69, 9.17) is 30.8 Å². The molecule has 0 amide bonds. The van der Waals surface area contributed by atoms with Crippen molar-refractivity contribution in [2.24, 2.45) is 0 Å². The van der Waals surface area contributed by atoms with Crippen LogP contribution in [0.4, 0.5) is 8.78 Å². The number of imidazole rings is 1. The number of aromatic nitrogens is 5. The van der Waals surface area contributed by atoms with Gasteiger partial charge in [-0.25, -0.2) is 18.7 Å². The van der Waals surface area contributed by atoms with E-state index in [0.29, 0.717) is 34.5 Å². The Bertz CT molecular complexity index is 1920. The van der Waals surface area contributed by atoms with Gasteiger partial charge in [-0.2, -0.15) is 5.10 Å². The Labute approximate surface area is 269 Å². The lowest BCUT2D eigenvalue weighted by atomic mass is 9.88. The molecule has 3 aromatic carbocycles. The first kappa shape index (κ1) is 29.3. The van der Waals surface area contributed by atoms with Gasteiger partial charge in [0.15, 0.2) is 23.1 Å². The number of hydrogen-bond donors (Lipinski definition) is 1. The second-order valence-corrected chi connectivity index (χ2v) is 12.8. The molecule has 1 N–H and O–H groups in total. The van der Waals surface area contributed by atoms with Crippen molar-refractivity contribution in [3.8, 4) is 22.9 Å². The molecule has 1 unspecified atom stereocenters. The Morgan fingerprint density at radius 3 is 2.63 bits per heavy atom. The zero-order valence-electron chi connectivity index (χ0n) is 25.3. The first-order valence-corrected chi connectivity index (χ1v) is 16.0. The van der Waals surface area contributed by atoms with Crippen LogP contribution in [-0.4, -0.2) is 55.4 Å². The third-order valence-corrected chi connectivity index (χ3v) is 9.58. The van der Waals surface area contributed by atoms with Gasteiger partial charge < -0.3 is 18.8 Å². The molecule has 46 heavy (non-hydrogen) atoms. The fourth-order valence-electron chi connectivity index (χ4n) is 6.80. The summed E-state index contributed by atoms with van der Waals surface area (Å²) in [7, 11) is 0. The molecule has 8 rings (SSSR count). The van der Waals surface area contributed by atoms with E-state index in [2.05, 4.69) is 30.7 Å². The highest BCUT2D eigenvalue weighted by Gasteiger charge is 2.43. The number of halogens is 3. The van der Waals surface area contributed by atoms with Crippen LogP contribution in [0.5, 0.6) is 11.5 Å². The number of alkyl halides is 1. The summed E-state index contributed by atoms with van der Waals surface area (Å²) in [4.78, 5) is 11.7. The van der Waals surface area contributed by atoms with Crippen LogP contribution in [0.15, 0.2) is 54.6 Å². The quantitative estimate of drug-likeness (QED) is 0.196. The summed E-state index contributed by atoms with van der Waals surface area (Å²) in [6, 6.07) is 16.4. The van der Waals surface area contributed by atoms with E-state index in [0.717, 1.165) is 73.5 Å². The number of nitrogens with one attached hydrogen (secondary N) is 1. The Hall–Kier alpha value is -4.06. The predicted molar refractivity (Wildman–Crippen MR) is 168 cm³/mol. The minimum atomic E-state index is -1.28. The topological polar surface area (TPSA) is 90.3 Å². The van der Waals surface area contributed by atoms with Crippen molar-refractivity contribution in [1.29, 1.82) is 0 Å². The van der Waals surface area contributed by atoms with Crippen molar-refractivity contribution in [1.82, 2.24) is 29.6 Å². The molecule has 0 saturated carbocycles. The van der Waals surface area contributed by atoms with Gasteiger partial charge in [0.1, 0.15) is 18.3 Å². The van der Waals surface area contributed by atoms with Crippen LogP contribution in [0, 0.1) is 5.82 Å². The molecule has 0 spiro atoms. The van der Waals surface area contributed by atoms with Gasteiger partial charge >= 0.3 is 0 Å². The standard InChI is InChI=1S/C34H33ClF2N6O3/c1-34(25-7-6-22(35)16-26(25)37)45-29-4-2-3-24(32(29)46-34)20-9-12-42(13-10-20)19-31-38-27-15-21(33-39-30(17-36)40-41-33)5-8-28(27)43(31)18-23-11-14-44-23/h2-8,15-16,20,23H,9-14,17-19H2,1H3,(H,39,40,41)/t23-,34?/m0/s1. The van der Waals surface area contributed by atoms with Crippen LogP contribution in [0.3, 0.4) is 0 Å². The fraction of sp³-hybridized carbons (Fsp3) is 0.382. The first-order valence-electron chi connectivity index (χ1n) is 15.6. The van der Waals surface area contributed by atoms with Crippen LogP contribution in [0.2, 0.25) is 5.02 Å². The summed E-state index contributed by atoms with van der Waals surface area (Å²) in [5.41, 5.74) is 4.06. The number of benzene rings is 3. The minimum Gasteiger partial charge on any atom is -0.444 e. The van der Waals surface area contributed by atoms with Gasteiger partial charge in [-0.1, -0.05) is 23.7 Å². The number of likely N-dealkylation sites (tertiary alicyclic amines) is 1. The van der Waals surface area contributed by atoms with Crippen LogP contribution < -0.4 is 9.47 Å². The zero-order valence-corrected chi connectivity index (χ0v) is 26.1. The highest BCUT2D eigenvalue weighted by Crippen LogP contribution is 2.50. The normalized spacial score (nSPS) is 21.6. The Balaban J connectivity index is 0.997. The Kier molecular flexibility index (Phi) is 7.42. The molecule has 0 aliphatic carbocycles. The maximum Gasteiger partial charge on any atom is 0.278 e. The summed E-state index contributed by atoms with van der Waals surface area (Å²) >= 11 is 5.99. The smallest absolute Gasteiger partial charge is 0.278 e. The highest BCUT2D eigenvalue weighted by molar-refractivity contribution is 6.30. The van der Waals surface area contributed by atoms with Crippen molar-refractivity contribution in [2.75, 3.05) is 19.7 Å². The van der Waals surface area contributed by atoms with Gasteiger partial charge in [-0.3, -0.25) is 10.00 Å². The van der Waals surface area contributed by atoms with Gasteiger partial charge in [0.25, 0.3) is 5.79 Å². The number of fused-ring (bicyclic) bond motifs is 2. The molecule has 2 saturated heterocycles. The largest absolute Gasteiger partial charge is 0.444 e. The molecule has 12 heteroatoms. The molecule has 5 aromatic rings. The number of nitrogens with zero attached hydrogens (tertiary/aromatic N) is 5. The number of rotatable bonds is 8. The molecule has 2 fully saturated rings. The summed E-state index contributed by atoms with van der Waals surface area (Å²) in [6.45, 7) is 5.05. The van der Waals surface area contributed by atoms with E-state index in [-0.39, 0.29) is 17.8 Å². The lowest BCUT2D eigenvalue weighted by molar-refractivity contribution is -0.0712. The van der Waals surface area contributed by atoms with E-state index in [1.54, 1.807) is 19.1 Å². The van der Waals surface area contributed by atoms with E-state index in [1.165, 1.54) is 6.07 Å². The Morgan fingerprint density at radius 2 is 1.89 bits per heavy atom. The van der Waals surface area contributed by atoms with Gasteiger partial charge in [0.05, 0.1) is 35.8 Å². The van der Waals surface area contributed by atoms with Crippen LogP contribution >= 0.6 is 11.6 Å². The maximum absolute atomic E-state index is 14.9. The summed E-state index contributed by atoms with van der Waals surface area (Å²) < 4.78 is 48.6. The molecule has 5 heterocycles. The summed E-state index contributed by atoms with van der Waals surface area (Å²) in [5, 5.41) is 7.13. The number of hydrogen-bond acceptors (Lipinski definition) is 7. The van der Waals surface area contributed by atoms with Crippen LogP contribution in [-0.2, 0) is 30.3 Å². The van der Waals surface area contributed by atoms with Gasteiger partial charge in [0, 0.05) is 29.7 Å². The van der Waals surface area contributed by atoms with Crippen molar-refractivity contribution in [2.45, 2.75) is 63.8 Å². The zero-order chi connectivity index (χ0) is 31.4. The molecule has 238 valence electrons. The average Bonchev–Trinajstić information content (AvgIpc) is 3.74. The number of ether oxygens (including phenoxy) is 3. The molecular formula is C34H33ClF2N6O3. The minimum absolute atomic E-state index is 0.177. The van der Waals surface area contributed by atoms with Crippen molar-refractivity contribution in [3.05, 3.63) is 88.2 Å². The SMILES string of the molecule is CC1(c2ccc(Cl)cc2F)Oc2cccc(C3CCN(Cc4nc5cc(-c6n[nH]c(CF)n6)ccc5n4C[C@@H]4CCO4)CC3)c2O1. The maximum atomic E-state index is 14.9. The van der Waals surface area contributed by atoms with E-state index in [1.807, 2.05) is 30.3 Å². The lowest BCUT2D eigenvalue weighted by Gasteiger charge is -2.33. The molecule has 2 atom stereocenters. The first-order chi connectivity index (χ1) is 22.4. The van der Waals surface area contributed by atoms with Crippen LogP contribution in [0.1, 0.15) is 54.9 Å². The summed E-state index contributed by atoms with van der Waals surface area (Å²) in [5.74, 6) is 1.47. The predicted octanol–water partition coefficient (Wildman–Crippen LogP) is 6.90. The average molecular weight is 647 g/mol. The molecule has 9 nitrogen and oxygen atoms in total. The molecule has 2 aromatic heterocycles. The molecular weight excluding hydrogens is 614 g/mol. The number of piperidine rings is 1. The fourth-order valence-corrected chi connectivity index (χ4v) is 6.96. The third kappa shape index (κ3) is 5.30. The van der Waals surface area contributed by atoms with Crippen molar-refractivity contribution in [3.63, 3.8) is 0 Å². The second-order valence-electron chi connectivity index (χ2n) is 12.4. The number of H-pyrrole nitrogens is 1. The van der Waals surface area contributed by atoms with E-state index >= 15 is 0 Å². The monoisotopic (exact) mass is 646 g/mol. The third-order valence-electron chi connectivity index (χ3n) is 9.35. The van der Waals surface area contributed by atoms with E-state index in [9.17, 15) is 8.78 Å². The number of aromatic amines is 1.